The number of aliphatic hydroxyl groups is 1. The van der Waals surface area contributed by atoms with Crippen LogP contribution in [-0.2, 0) is 13.2 Å². The van der Waals surface area contributed by atoms with Crippen molar-refractivity contribution < 1.29 is 19.4 Å². The number of carbonyl (C=O) groups excluding carboxylic acids is 1. The maximum absolute atomic E-state index is 12.4. The minimum absolute atomic E-state index is 0.149. The maximum Gasteiger partial charge on any atom is 0.254 e. The van der Waals surface area contributed by atoms with Gasteiger partial charge in [-0.05, 0) is 35.2 Å². The van der Waals surface area contributed by atoms with Gasteiger partial charge in [0.05, 0.1) is 21.9 Å². The Morgan fingerprint density at radius 1 is 1.12 bits per heavy atom. The summed E-state index contributed by atoms with van der Waals surface area (Å²) in [4.78, 5) is 16.6. The zero-order valence-electron chi connectivity index (χ0n) is 17.9. The van der Waals surface area contributed by atoms with Gasteiger partial charge in [-0.2, -0.15) is 0 Å². The van der Waals surface area contributed by atoms with Crippen molar-refractivity contribution in [2.45, 2.75) is 13.2 Å². The number of nitrogen functional groups attached to an aromatic ring is 1. The van der Waals surface area contributed by atoms with Crippen LogP contribution in [0, 0.1) is 0 Å². The number of carbonyl (C=O) groups is 1. The molecule has 4 aromatic rings. The molecule has 0 bridgehead atoms. The molecule has 7 nitrogen and oxygen atoms in total. The molecular weight excluding hydrogens is 497 g/mol. The summed E-state index contributed by atoms with van der Waals surface area (Å²) in [6.45, 7) is 0.551. The van der Waals surface area contributed by atoms with Gasteiger partial charge >= 0.3 is 0 Å². The molecule has 10 heteroatoms. The van der Waals surface area contributed by atoms with Gasteiger partial charge in [0.25, 0.3) is 5.91 Å². The van der Waals surface area contributed by atoms with Crippen LogP contribution in [0.2, 0.25) is 10.0 Å². The number of pyridine rings is 1. The van der Waals surface area contributed by atoms with E-state index in [4.69, 9.17) is 43.5 Å². The molecule has 4 N–H and O–H groups in total. The number of amides is 1. The predicted molar refractivity (Wildman–Crippen MR) is 135 cm³/mol. The number of nitrogens with one attached hydrogen (secondary N) is 1. The van der Waals surface area contributed by atoms with Crippen molar-refractivity contribution in [2.75, 3.05) is 18.9 Å². The third-order valence-corrected chi connectivity index (χ3v) is 6.57. The first kappa shape index (κ1) is 24.1. The lowest BCUT2D eigenvalue weighted by atomic mass is 10.1. The number of nitrogens with zero attached hydrogens (tertiary/aromatic N) is 1. The number of hydrogen-bond donors (Lipinski definition) is 3. The van der Waals surface area contributed by atoms with Crippen LogP contribution in [-0.4, -0.2) is 29.1 Å². The molecule has 2 heterocycles. The highest BCUT2D eigenvalue weighted by Crippen LogP contribution is 2.35. The van der Waals surface area contributed by atoms with Crippen molar-refractivity contribution >= 4 is 56.3 Å². The molecule has 34 heavy (non-hydrogen) atoms. The lowest BCUT2D eigenvalue weighted by molar-refractivity contribution is 0.0946. The third kappa shape index (κ3) is 5.53. The second-order valence-electron chi connectivity index (χ2n) is 7.30. The van der Waals surface area contributed by atoms with Gasteiger partial charge < -0.3 is 25.6 Å². The fourth-order valence-corrected chi connectivity index (χ4v) is 4.62. The van der Waals surface area contributed by atoms with E-state index in [1.54, 1.807) is 18.2 Å². The van der Waals surface area contributed by atoms with E-state index in [1.165, 1.54) is 17.5 Å². The molecule has 4 rings (SSSR count). The van der Waals surface area contributed by atoms with Gasteiger partial charge in [0.1, 0.15) is 30.5 Å². The van der Waals surface area contributed by atoms with E-state index in [9.17, 15) is 4.79 Å². The monoisotopic (exact) mass is 517 g/mol. The zero-order valence-corrected chi connectivity index (χ0v) is 20.2. The number of anilines is 1. The SMILES string of the molecule is Nc1ncc(C(=O)NCCO)c2scc(COc3cc(OCc4ccc(Cl)cc4)ccc3Cl)c12. The van der Waals surface area contributed by atoms with Gasteiger partial charge in [0, 0.05) is 34.8 Å². The number of thiophene rings is 1. The normalized spacial score (nSPS) is 10.9. The zero-order chi connectivity index (χ0) is 24.1. The second-order valence-corrected chi connectivity index (χ2v) is 9.02. The van der Waals surface area contributed by atoms with Crippen LogP contribution in [0.3, 0.4) is 0 Å². The van der Waals surface area contributed by atoms with Crippen LogP contribution in [0.5, 0.6) is 11.5 Å². The van der Waals surface area contributed by atoms with E-state index in [-0.39, 0.29) is 25.7 Å². The highest BCUT2D eigenvalue weighted by atomic mass is 35.5. The molecule has 0 saturated carbocycles. The number of benzene rings is 2. The summed E-state index contributed by atoms with van der Waals surface area (Å²) in [6, 6.07) is 12.6. The van der Waals surface area contributed by atoms with Crippen LogP contribution in [0.15, 0.2) is 54.0 Å². The first-order valence-electron chi connectivity index (χ1n) is 10.3. The quantitative estimate of drug-likeness (QED) is 0.286. The Morgan fingerprint density at radius 3 is 2.68 bits per heavy atom. The predicted octanol–water partition coefficient (Wildman–Crippen LogP) is 5.07. The van der Waals surface area contributed by atoms with Crippen LogP contribution < -0.4 is 20.5 Å². The van der Waals surface area contributed by atoms with E-state index < -0.39 is 0 Å². The number of fused-ring (bicyclic) bond motifs is 1. The summed E-state index contributed by atoms with van der Waals surface area (Å²) >= 11 is 13.6. The highest BCUT2D eigenvalue weighted by molar-refractivity contribution is 7.17. The Morgan fingerprint density at radius 2 is 1.91 bits per heavy atom. The second kappa shape index (κ2) is 10.9. The molecule has 176 valence electrons. The number of hydrogen-bond acceptors (Lipinski definition) is 7. The largest absolute Gasteiger partial charge is 0.489 e. The first-order chi connectivity index (χ1) is 16.5. The van der Waals surface area contributed by atoms with Crippen molar-refractivity contribution in [2.24, 2.45) is 0 Å². The molecule has 0 spiro atoms. The Hall–Kier alpha value is -3.04. The lowest BCUT2D eigenvalue weighted by Gasteiger charge is -2.12. The Kier molecular flexibility index (Phi) is 7.74. The van der Waals surface area contributed by atoms with Crippen LogP contribution in [0.4, 0.5) is 5.82 Å². The summed E-state index contributed by atoms with van der Waals surface area (Å²) in [7, 11) is 0. The van der Waals surface area contributed by atoms with Gasteiger partial charge in [-0.15, -0.1) is 11.3 Å². The summed E-state index contributed by atoms with van der Waals surface area (Å²) in [5.41, 5.74) is 8.27. The number of nitrogens with two attached hydrogens (primary N) is 1. The minimum atomic E-state index is -0.325. The third-order valence-electron chi connectivity index (χ3n) is 4.95. The van der Waals surface area contributed by atoms with Gasteiger partial charge in [0.15, 0.2) is 0 Å². The minimum Gasteiger partial charge on any atom is -0.489 e. The molecule has 2 aromatic carbocycles. The number of aromatic nitrogens is 1. The summed E-state index contributed by atoms with van der Waals surface area (Å²) < 4.78 is 12.5. The van der Waals surface area contributed by atoms with Gasteiger partial charge in [-0.3, -0.25) is 4.79 Å². The van der Waals surface area contributed by atoms with Gasteiger partial charge in [-0.1, -0.05) is 35.3 Å². The number of ether oxygens (including phenoxy) is 2. The molecule has 1 amide bonds. The number of aliphatic hydroxyl groups excluding tert-OH is 1. The fraction of sp³-hybridized carbons (Fsp3) is 0.167. The maximum atomic E-state index is 12.4. The summed E-state index contributed by atoms with van der Waals surface area (Å²) in [5, 5.41) is 15.2. The summed E-state index contributed by atoms with van der Waals surface area (Å²) in [5.74, 6) is 1.04. The Balaban J connectivity index is 1.49. The smallest absolute Gasteiger partial charge is 0.254 e. The van der Waals surface area contributed by atoms with Crippen LogP contribution in [0.25, 0.3) is 10.1 Å². The van der Waals surface area contributed by atoms with Crippen molar-refractivity contribution in [3.05, 3.63) is 80.8 Å². The molecule has 0 unspecified atom stereocenters. The average molecular weight is 518 g/mol. The van der Waals surface area contributed by atoms with E-state index >= 15 is 0 Å². The number of halogens is 2. The van der Waals surface area contributed by atoms with Gasteiger partial charge in [-0.25, -0.2) is 4.98 Å². The first-order valence-corrected chi connectivity index (χ1v) is 11.9. The van der Waals surface area contributed by atoms with E-state index in [2.05, 4.69) is 10.3 Å². The van der Waals surface area contributed by atoms with Gasteiger partial charge in [0.2, 0.25) is 0 Å². The molecular formula is C24H21Cl2N3O4S. The topological polar surface area (TPSA) is 107 Å². The molecule has 0 saturated heterocycles. The molecule has 2 aromatic heterocycles. The van der Waals surface area contributed by atoms with Crippen molar-refractivity contribution in [3.63, 3.8) is 0 Å². The lowest BCUT2D eigenvalue weighted by Crippen LogP contribution is -2.26. The fourth-order valence-electron chi connectivity index (χ4n) is 3.25. The van der Waals surface area contributed by atoms with E-state index in [0.29, 0.717) is 49.6 Å². The molecule has 0 aliphatic rings. The van der Waals surface area contributed by atoms with Crippen LogP contribution >= 0.6 is 34.5 Å². The highest BCUT2D eigenvalue weighted by Gasteiger charge is 2.18. The van der Waals surface area contributed by atoms with Crippen molar-refractivity contribution in [3.8, 4) is 11.5 Å². The van der Waals surface area contributed by atoms with Crippen molar-refractivity contribution in [1.82, 2.24) is 10.3 Å². The Bertz CT molecular complexity index is 1310. The van der Waals surface area contributed by atoms with Crippen LogP contribution in [0.1, 0.15) is 21.5 Å². The molecule has 0 aliphatic carbocycles. The Labute approximate surface area is 210 Å². The standard InChI is InChI=1S/C24H21Cl2N3O4S/c25-16-3-1-14(2-4-16)11-32-17-5-6-19(26)20(9-17)33-12-15-13-34-22-18(24(31)28-7-8-30)10-29-23(27)21(15)22/h1-6,9-10,13,30H,7-8,11-12H2,(H2,27,29)(H,28,31). The van der Waals surface area contributed by atoms with Crippen molar-refractivity contribution in [1.29, 1.82) is 0 Å². The molecule has 0 atom stereocenters. The molecule has 0 radical (unpaired) electrons. The molecule has 0 fully saturated rings. The van der Waals surface area contributed by atoms with E-state index in [0.717, 1.165) is 11.1 Å². The molecule has 0 aliphatic heterocycles. The average Bonchev–Trinajstić information content (AvgIpc) is 3.27. The number of rotatable bonds is 9. The summed E-state index contributed by atoms with van der Waals surface area (Å²) in [6.07, 6.45) is 1.43. The van der Waals surface area contributed by atoms with E-state index in [1.807, 2.05) is 29.6 Å².